The molecule has 1 aromatic heterocycles. The standard InChI is InChI=1S/C26H28ClFN6O7/c1-4-11-34-23(29-31-32-34)24(36)30-33(14-22(35)25(37)39-15-40-26(38)41-16(2)3)13-17-5-7-18(8-6-17)20-12-19(27)9-10-21(20)28/h4-10,12,16,22,35H,1,11,13-15H2,2-3H3,(H,30,36)/t22-/m1/s1. The minimum atomic E-state index is -1.76. The lowest BCUT2D eigenvalue weighted by atomic mass is 10.0. The van der Waals surface area contributed by atoms with E-state index >= 15 is 0 Å². The molecule has 41 heavy (non-hydrogen) atoms. The number of nitrogens with one attached hydrogen (secondary N) is 1. The average molecular weight is 591 g/mol. The van der Waals surface area contributed by atoms with Gasteiger partial charge in [0.1, 0.15) is 5.82 Å². The Kier molecular flexibility index (Phi) is 11.3. The van der Waals surface area contributed by atoms with Gasteiger partial charge < -0.3 is 19.3 Å². The van der Waals surface area contributed by atoms with E-state index in [-0.39, 0.29) is 18.9 Å². The third kappa shape index (κ3) is 9.34. The van der Waals surface area contributed by atoms with Gasteiger partial charge in [0, 0.05) is 17.1 Å². The van der Waals surface area contributed by atoms with Crippen LogP contribution in [0, 0.1) is 5.82 Å². The number of nitrogens with zero attached hydrogens (tertiary/aromatic N) is 5. The molecule has 218 valence electrons. The van der Waals surface area contributed by atoms with Crippen LogP contribution in [0.3, 0.4) is 0 Å². The Bertz CT molecular complexity index is 1370. The summed E-state index contributed by atoms with van der Waals surface area (Å²) in [4.78, 5) is 36.7. The molecule has 3 rings (SSSR count). The van der Waals surface area contributed by atoms with Gasteiger partial charge in [-0.15, -0.1) is 11.7 Å². The molecule has 0 aliphatic carbocycles. The second-order valence-corrected chi connectivity index (χ2v) is 9.21. The number of hydrogen-bond acceptors (Lipinski definition) is 11. The lowest BCUT2D eigenvalue weighted by Crippen LogP contribution is -2.48. The molecule has 2 N–H and O–H groups in total. The van der Waals surface area contributed by atoms with Crippen molar-refractivity contribution in [1.29, 1.82) is 0 Å². The fourth-order valence-corrected chi connectivity index (χ4v) is 3.60. The van der Waals surface area contributed by atoms with Crippen molar-refractivity contribution in [2.75, 3.05) is 13.3 Å². The van der Waals surface area contributed by atoms with Crippen molar-refractivity contribution in [1.82, 2.24) is 30.6 Å². The molecule has 0 spiro atoms. The van der Waals surface area contributed by atoms with Gasteiger partial charge in [0.25, 0.3) is 0 Å². The molecule has 13 nitrogen and oxygen atoms in total. The van der Waals surface area contributed by atoms with Gasteiger partial charge in [-0.3, -0.25) is 10.2 Å². The smallest absolute Gasteiger partial charge is 0.431 e. The highest BCUT2D eigenvalue weighted by Crippen LogP contribution is 2.26. The summed E-state index contributed by atoms with van der Waals surface area (Å²) in [5.74, 6) is -2.44. The predicted molar refractivity (Wildman–Crippen MR) is 142 cm³/mol. The number of amides is 1. The van der Waals surface area contributed by atoms with Crippen LogP contribution in [0.5, 0.6) is 0 Å². The van der Waals surface area contributed by atoms with Crippen LogP contribution in [0.25, 0.3) is 11.1 Å². The molecule has 0 saturated carbocycles. The molecule has 0 fully saturated rings. The van der Waals surface area contributed by atoms with Crippen molar-refractivity contribution in [2.24, 2.45) is 0 Å². The Morgan fingerprint density at radius 3 is 2.61 bits per heavy atom. The van der Waals surface area contributed by atoms with E-state index in [4.69, 9.17) is 21.1 Å². The van der Waals surface area contributed by atoms with Crippen molar-refractivity contribution in [3.8, 4) is 11.1 Å². The summed E-state index contributed by atoms with van der Waals surface area (Å²) in [6, 6.07) is 10.9. The van der Waals surface area contributed by atoms with E-state index in [0.29, 0.717) is 21.7 Å². The number of allylic oxidation sites excluding steroid dienone is 1. The zero-order valence-corrected chi connectivity index (χ0v) is 23.0. The van der Waals surface area contributed by atoms with Crippen LogP contribution in [0.15, 0.2) is 55.1 Å². The Labute approximate surface area is 239 Å². The van der Waals surface area contributed by atoms with Crippen molar-refractivity contribution < 1.29 is 38.1 Å². The molecule has 3 aromatic rings. The Morgan fingerprint density at radius 1 is 1.20 bits per heavy atom. The van der Waals surface area contributed by atoms with E-state index < -0.39 is 49.4 Å². The number of carbonyl (C=O) groups is 3. The maximum absolute atomic E-state index is 14.3. The van der Waals surface area contributed by atoms with Crippen LogP contribution in [-0.4, -0.2) is 73.9 Å². The monoisotopic (exact) mass is 590 g/mol. The molecule has 1 heterocycles. The molecule has 0 unspecified atom stereocenters. The van der Waals surface area contributed by atoms with Crippen LogP contribution in [0.1, 0.15) is 30.0 Å². The molecule has 0 radical (unpaired) electrons. The van der Waals surface area contributed by atoms with Gasteiger partial charge >= 0.3 is 18.0 Å². The van der Waals surface area contributed by atoms with Gasteiger partial charge in [-0.25, -0.2) is 23.7 Å². The Hall–Kier alpha value is -4.40. The number of hydrogen-bond donors (Lipinski definition) is 2. The van der Waals surface area contributed by atoms with Gasteiger partial charge in [0.05, 0.1) is 19.2 Å². The third-order valence-corrected chi connectivity index (χ3v) is 5.47. The van der Waals surface area contributed by atoms with Crippen LogP contribution < -0.4 is 5.43 Å². The number of ether oxygens (including phenoxy) is 3. The highest BCUT2D eigenvalue weighted by atomic mass is 35.5. The average Bonchev–Trinajstić information content (AvgIpc) is 3.38. The first-order valence-electron chi connectivity index (χ1n) is 12.2. The first-order chi connectivity index (χ1) is 19.6. The predicted octanol–water partition coefficient (Wildman–Crippen LogP) is 2.89. The molecule has 1 amide bonds. The summed E-state index contributed by atoms with van der Waals surface area (Å²) in [7, 11) is 0. The summed E-state index contributed by atoms with van der Waals surface area (Å²) < 4.78 is 29.6. The largest absolute Gasteiger partial charge is 0.511 e. The van der Waals surface area contributed by atoms with Gasteiger partial charge in [0.2, 0.25) is 12.6 Å². The number of benzene rings is 2. The number of carbonyl (C=O) groups excluding carboxylic acids is 3. The minimum Gasteiger partial charge on any atom is -0.431 e. The van der Waals surface area contributed by atoms with E-state index in [1.165, 1.54) is 34.0 Å². The highest BCUT2D eigenvalue weighted by molar-refractivity contribution is 6.30. The van der Waals surface area contributed by atoms with Crippen LogP contribution in [0.4, 0.5) is 9.18 Å². The van der Waals surface area contributed by atoms with Crippen molar-refractivity contribution >= 4 is 29.6 Å². The second-order valence-electron chi connectivity index (χ2n) is 8.77. The van der Waals surface area contributed by atoms with E-state index in [1.54, 1.807) is 38.1 Å². The van der Waals surface area contributed by atoms with E-state index in [9.17, 15) is 23.9 Å². The number of aliphatic hydroxyl groups is 1. The summed E-state index contributed by atoms with van der Waals surface area (Å²) in [6.07, 6.45) is -1.75. The number of halogens is 2. The molecule has 0 saturated heterocycles. The first kappa shape index (κ1) is 31.1. The fraction of sp³-hybridized carbons (Fsp3) is 0.308. The maximum Gasteiger partial charge on any atom is 0.511 e. The van der Waals surface area contributed by atoms with Crippen LogP contribution in [-0.2, 0) is 32.1 Å². The topological polar surface area (TPSA) is 158 Å². The lowest BCUT2D eigenvalue weighted by Gasteiger charge is -2.25. The third-order valence-electron chi connectivity index (χ3n) is 5.24. The number of hydrazine groups is 1. The van der Waals surface area contributed by atoms with Gasteiger partial charge in [-0.1, -0.05) is 41.9 Å². The Morgan fingerprint density at radius 2 is 1.93 bits per heavy atom. The SMILES string of the molecule is C=CCn1nnnc1C(=O)NN(Cc1ccc(-c2cc(Cl)ccc2F)cc1)C[C@@H](O)C(=O)OCOC(=O)OC(C)C. The van der Waals surface area contributed by atoms with Gasteiger partial charge in [-0.05, 0) is 53.6 Å². The molecule has 0 aliphatic rings. The summed E-state index contributed by atoms with van der Waals surface area (Å²) in [6.45, 7) is 5.74. The maximum atomic E-state index is 14.3. The van der Waals surface area contributed by atoms with Crippen LogP contribution in [0.2, 0.25) is 5.02 Å². The summed E-state index contributed by atoms with van der Waals surface area (Å²) >= 11 is 6.00. The van der Waals surface area contributed by atoms with E-state index in [0.717, 1.165) is 0 Å². The molecule has 2 aromatic carbocycles. The van der Waals surface area contributed by atoms with Gasteiger partial charge in [-0.2, -0.15) is 0 Å². The first-order valence-corrected chi connectivity index (χ1v) is 12.6. The second kappa shape index (κ2) is 14.8. The Balaban J connectivity index is 1.72. The van der Waals surface area contributed by atoms with E-state index in [1.807, 2.05) is 0 Å². The van der Waals surface area contributed by atoms with Crippen molar-refractivity contribution in [3.63, 3.8) is 0 Å². The quantitative estimate of drug-likeness (QED) is 0.130. The minimum absolute atomic E-state index is 0.00533. The molecule has 15 heteroatoms. The summed E-state index contributed by atoms with van der Waals surface area (Å²) in [5.41, 5.74) is 4.05. The molecule has 0 bridgehead atoms. The number of esters is 1. The fourth-order valence-electron chi connectivity index (χ4n) is 3.43. The number of tetrazole rings is 1. The zero-order chi connectivity index (χ0) is 29.9. The highest BCUT2D eigenvalue weighted by Gasteiger charge is 2.25. The van der Waals surface area contributed by atoms with Crippen LogP contribution >= 0.6 is 11.6 Å². The number of rotatable bonds is 13. The molecular formula is C26H28ClFN6O7. The van der Waals surface area contributed by atoms with Gasteiger partial charge in [0.15, 0.2) is 6.10 Å². The van der Waals surface area contributed by atoms with Crippen molar-refractivity contribution in [3.05, 3.63) is 77.3 Å². The summed E-state index contributed by atoms with van der Waals surface area (Å²) in [5, 5.41) is 23.0. The normalized spacial score (nSPS) is 11.7. The lowest BCUT2D eigenvalue weighted by molar-refractivity contribution is -0.164. The molecular weight excluding hydrogens is 563 g/mol. The number of aliphatic hydroxyl groups excluding tert-OH is 1. The van der Waals surface area contributed by atoms with E-state index in [2.05, 4.69) is 32.3 Å². The molecule has 0 aliphatic heterocycles. The zero-order valence-electron chi connectivity index (χ0n) is 22.2. The molecule has 1 atom stereocenters. The van der Waals surface area contributed by atoms with Crippen molar-refractivity contribution in [2.45, 2.75) is 39.1 Å². The number of aromatic nitrogens is 4.